The van der Waals surface area contributed by atoms with Crippen molar-refractivity contribution in [2.75, 3.05) is 5.32 Å². The lowest BCUT2D eigenvalue weighted by atomic mass is 10.2. The number of hydrogen-bond acceptors (Lipinski definition) is 4. The molecule has 0 saturated carbocycles. The summed E-state index contributed by atoms with van der Waals surface area (Å²) in [4.78, 5) is 32.9. The van der Waals surface area contributed by atoms with E-state index in [4.69, 9.17) is 4.98 Å². The smallest absolute Gasteiger partial charge is 0.251 e. The molecule has 0 radical (unpaired) electrons. The molecule has 5 rings (SSSR count). The summed E-state index contributed by atoms with van der Waals surface area (Å²) < 4.78 is 1.87. The van der Waals surface area contributed by atoms with Gasteiger partial charge in [0.1, 0.15) is 12.4 Å². The summed E-state index contributed by atoms with van der Waals surface area (Å²) in [6.07, 6.45) is 0. The van der Waals surface area contributed by atoms with Gasteiger partial charge in [0.2, 0.25) is 5.91 Å². The van der Waals surface area contributed by atoms with Gasteiger partial charge in [0.15, 0.2) is 0 Å². The molecule has 0 bridgehead atoms. The summed E-state index contributed by atoms with van der Waals surface area (Å²) in [6, 6.07) is 34.1. The zero-order chi connectivity index (χ0) is 25.6. The Morgan fingerprint density at radius 2 is 1.49 bits per heavy atom. The minimum Gasteiger partial charge on any atom is -0.342 e. The first-order valence-electron chi connectivity index (χ1n) is 12.0. The first-order valence-corrected chi connectivity index (χ1v) is 12.8. The lowest BCUT2D eigenvalue weighted by molar-refractivity contribution is -0.116. The maximum absolute atomic E-state index is 13.3. The van der Waals surface area contributed by atoms with Crippen LogP contribution < -0.4 is 10.6 Å². The highest BCUT2D eigenvalue weighted by atomic mass is 32.2. The second-order valence-electron chi connectivity index (χ2n) is 8.57. The molecule has 0 aliphatic rings. The van der Waals surface area contributed by atoms with Gasteiger partial charge in [-0.1, -0.05) is 72.4 Å². The molecule has 0 spiro atoms. The average molecular weight is 507 g/mol. The summed E-state index contributed by atoms with van der Waals surface area (Å²) in [6.45, 7) is 1.94. The molecule has 0 aliphatic heterocycles. The average Bonchev–Trinajstić information content (AvgIpc) is 3.29. The molecule has 1 atom stereocenters. The molecule has 0 saturated heterocycles. The topological polar surface area (TPSA) is 76.0 Å². The first kappa shape index (κ1) is 24.3. The monoisotopic (exact) mass is 506 g/mol. The van der Waals surface area contributed by atoms with Crippen LogP contribution in [0.2, 0.25) is 0 Å². The molecule has 2 amide bonds. The van der Waals surface area contributed by atoms with Crippen LogP contribution in [-0.2, 0) is 11.3 Å². The number of aromatic nitrogens is 2. The number of imidazole rings is 1. The van der Waals surface area contributed by atoms with Gasteiger partial charge < -0.3 is 15.2 Å². The van der Waals surface area contributed by atoms with E-state index in [2.05, 4.69) is 10.6 Å². The molecule has 5 aromatic rings. The lowest BCUT2D eigenvalue weighted by Gasteiger charge is -2.17. The highest BCUT2D eigenvalue weighted by Gasteiger charge is 2.21. The molecule has 1 heterocycles. The number of carbonyl (C=O) groups excluding carboxylic acids is 2. The van der Waals surface area contributed by atoms with Gasteiger partial charge in [-0.2, -0.15) is 0 Å². The second kappa shape index (κ2) is 11.1. The number of nitrogens with zero attached hydrogens (tertiary/aromatic N) is 2. The maximum atomic E-state index is 13.3. The van der Waals surface area contributed by atoms with Gasteiger partial charge in [-0.15, -0.1) is 0 Å². The number of anilines is 1. The molecule has 37 heavy (non-hydrogen) atoms. The van der Waals surface area contributed by atoms with Crippen LogP contribution in [0.3, 0.4) is 0 Å². The normalized spacial score (nSPS) is 11.7. The van der Waals surface area contributed by atoms with Crippen LogP contribution in [0.1, 0.15) is 29.1 Å². The number of carbonyl (C=O) groups is 2. The zero-order valence-electron chi connectivity index (χ0n) is 20.3. The van der Waals surface area contributed by atoms with Crippen LogP contribution in [-0.4, -0.2) is 21.4 Å². The number of para-hydroxylation sites is 3. The van der Waals surface area contributed by atoms with E-state index < -0.39 is 6.04 Å². The van der Waals surface area contributed by atoms with Gasteiger partial charge in [-0.3, -0.25) is 9.59 Å². The highest BCUT2D eigenvalue weighted by Crippen LogP contribution is 2.33. The van der Waals surface area contributed by atoms with Gasteiger partial charge in [-0.25, -0.2) is 4.98 Å². The Morgan fingerprint density at radius 1 is 0.838 bits per heavy atom. The molecular weight excluding hydrogens is 480 g/mol. The number of nitrogens with one attached hydrogen (secondary N) is 2. The Hall–Kier alpha value is -4.36. The Morgan fingerprint density at radius 3 is 2.27 bits per heavy atom. The zero-order valence-corrected chi connectivity index (χ0v) is 21.1. The molecule has 2 N–H and O–H groups in total. The molecule has 0 fully saturated rings. The Kier molecular flexibility index (Phi) is 7.33. The van der Waals surface area contributed by atoms with Crippen molar-refractivity contribution in [2.45, 2.75) is 29.3 Å². The number of hydrogen-bond donors (Lipinski definition) is 2. The third-order valence-corrected chi connectivity index (χ3v) is 6.97. The van der Waals surface area contributed by atoms with Crippen molar-refractivity contribution in [3.63, 3.8) is 0 Å². The summed E-state index contributed by atoms with van der Waals surface area (Å²) in [5, 5.41) is 6.09. The third-order valence-electron chi connectivity index (χ3n) is 5.89. The van der Waals surface area contributed by atoms with Gasteiger partial charge in [-0.05, 0) is 55.5 Å². The van der Waals surface area contributed by atoms with Crippen molar-refractivity contribution in [2.24, 2.45) is 0 Å². The van der Waals surface area contributed by atoms with E-state index in [0.717, 1.165) is 26.5 Å². The largest absolute Gasteiger partial charge is 0.342 e. The van der Waals surface area contributed by atoms with E-state index in [1.54, 1.807) is 23.9 Å². The molecule has 184 valence electrons. The molecule has 0 aliphatic carbocycles. The van der Waals surface area contributed by atoms with E-state index >= 15 is 0 Å². The van der Waals surface area contributed by atoms with Crippen molar-refractivity contribution < 1.29 is 9.59 Å². The quantitative estimate of drug-likeness (QED) is 0.258. The van der Waals surface area contributed by atoms with E-state index in [1.165, 1.54) is 0 Å². The van der Waals surface area contributed by atoms with Crippen LogP contribution in [0.5, 0.6) is 0 Å². The summed E-state index contributed by atoms with van der Waals surface area (Å²) in [5.74, 6) is 0.252. The predicted molar refractivity (Wildman–Crippen MR) is 148 cm³/mol. The summed E-state index contributed by atoms with van der Waals surface area (Å²) in [5.41, 5.74) is 2.92. The van der Waals surface area contributed by atoms with Crippen molar-refractivity contribution in [1.82, 2.24) is 14.9 Å². The SMILES string of the molecule is C[C@@H](NC(=O)c1ccccc1)c1nc2ccccc2n1CC(=O)Nc1ccccc1Sc1ccccc1. The molecular formula is C30H26N4O2S. The van der Waals surface area contributed by atoms with Gasteiger partial charge in [0.25, 0.3) is 5.91 Å². The maximum Gasteiger partial charge on any atom is 0.251 e. The number of fused-ring (bicyclic) bond motifs is 1. The Labute approximate surface area is 219 Å². The van der Waals surface area contributed by atoms with Crippen LogP contribution in [0.25, 0.3) is 11.0 Å². The number of amides is 2. The Balaban J connectivity index is 1.38. The van der Waals surface area contributed by atoms with E-state index in [1.807, 2.05) is 109 Å². The van der Waals surface area contributed by atoms with Crippen LogP contribution >= 0.6 is 11.8 Å². The van der Waals surface area contributed by atoms with Crippen LogP contribution in [0.15, 0.2) is 119 Å². The van der Waals surface area contributed by atoms with Crippen molar-refractivity contribution in [3.8, 4) is 0 Å². The predicted octanol–water partition coefficient (Wildman–Crippen LogP) is 6.32. The van der Waals surface area contributed by atoms with E-state index in [-0.39, 0.29) is 18.4 Å². The summed E-state index contributed by atoms with van der Waals surface area (Å²) in [7, 11) is 0. The fourth-order valence-corrected chi connectivity index (χ4v) is 5.06. The Bertz CT molecular complexity index is 1530. The highest BCUT2D eigenvalue weighted by molar-refractivity contribution is 7.99. The molecule has 1 aromatic heterocycles. The minimum atomic E-state index is -0.408. The fourth-order valence-electron chi connectivity index (χ4n) is 4.13. The number of benzene rings is 4. The standard InChI is InChI=1S/C30H26N4O2S/c1-21(31-30(36)22-12-4-2-5-13-22)29-33-24-16-8-10-18-26(24)34(29)20-28(35)32-25-17-9-11-19-27(25)37-23-14-6-3-7-15-23/h2-19,21H,20H2,1H3,(H,31,36)(H,32,35)/t21-/m1/s1. The van der Waals surface area contributed by atoms with Crippen molar-refractivity contribution in [3.05, 3.63) is 121 Å². The number of rotatable bonds is 8. The van der Waals surface area contributed by atoms with E-state index in [9.17, 15) is 9.59 Å². The van der Waals surface area contributed by atoms with Gasteiger partial charge in [0.05, 0.1) is 22.8 Å². The van der Waals surface area contributed by atoms with Crippen LogP contribution in [0.4, 0.5) is 5.69 Å². The molecule has 6 nitrogen and oxygen atoms in total. The van der Waals surface area contributed by atoms with Gasteiger partial charge in [0, 0.05) is 15.4 Å². The molecule has 7 heteroatoms. The lowest BCUT2D eigenvalue weighted by Crippen LogP contribution is -2.30. The third kappa shape index (κ3) is 5.73. The van der Waals surface area contributed by atoms with Crippen molar-refractivity contribution in [1.29, 1.82) is 0 Å². The summed E-state index contributed by atoms with van der Waals surface area (Å²) >= 11 is 1.60. The van der Waals surface area contributed by atoms with Gasteiger partial charge >= 0.3 is 0 Å². The molecule has 4 aromatic carbocycles. The van der Waals surface area contributed by atoms with E-state index in [0.29, 0.717) is 11.4 Å². The first-order chi connectivity index (χ1) is 18.1. The fraction of sp³-hybridized carbons (Fsp3) is 0.100. The second-order valence-corrected chi connectivity index (χ2v) is 9.68. The van der Waals surface area contributed by atoms with Crippen molar-refractivity contribution >= 4 is 40.3 Å². The van der Waals surface area contributed by atoms with Crippen LogP contribution in [0, 0.1) is 0 Å². The molecule has 0 unspecified atom stereocenters. The minimum absolute atomic E-state index is 0.0612.